The lowest BCUT2D eigenvalue weighted by atomic mass is 9.88. The highest BCUT2D eigenvalue weighted by molar-refractivity contribution is 9.10. The second-order valence-electron chi connectivity index (χ2n) is 6.81. The van der Waals surface area contributed by atoms with Crippen LogP contribution < -0.4 is 4.90 Å². The topological polar surface area (TPSA) is 62.5 Å². The number of aliphatic hydroxyl groups is 1. The molecule has 0 aliphatic carbocycles. The van der Waals surface area contributed by atoms with Crippen molar-refractivity contribution in [2.24, 2.45) is 0 Å². The molecule has 0 saturated heterocycles. The van der Waals surface area contributed by atoms with Gasteiger partial charge in [0.2, 0.25) is 0 Å². The van der Waals surface area contributed by atoms with Gasteiger partial charge in [0, 0.05) is 40.2 Å². The van der Waals surface area contributed by atoms with Crippen LogP contribution in [0.2, 0.25) is 0 Å². The Labute approximate surface area is 171 Å². The van der Waals surface area contributed by atoms with Crippen LogP contribution >= 0.6 is 15.9 Å². The zero-order valence-corrected chi connectivity index (χ0v) is 16.9. The molecule has 1 unspecified atom stereocenters. The van der Waals surface area contributed by atoms with Crippen molar-refractivity contribution < 1.29 is 14.7 Å². The standard InChI is InChI=1S/C22H19BrN2O3/c1-2-25-19-10-7-16(23)13-18(19)22(28,21(25)27)14-20(26)15-5-8-17(9-6-15)24-11-3-4-12-24/h3-13,28H,2,14H2,1H3. The quantitative estimate of drug-likeness (QED) is 0.610. The van der Waals surface area contributed by atoms with Gasteiger partial charge in [-0.05, 0) is 61.5 Å². The Morgan fingerprint density at radius 1 is 1.11 bits per heavy atom. The molecule has 6 heteroatoms. The van der Waals surface area contributed by atoms with Crippen LogP contribution in [0.15, 0.2) is 71.5 Å². The summed E-state index contributed by atoms with van der Waals surface area (Å²) in [5.74, 6) is -0.737. The minimum Gasteiger partial charge on any atom is -0.375 e. The fourth-order valence-electron chi connectivity index (χ4n) is 3.67. The van der Waals surface area contributed by atoms with Crippen LogP contribution in [0.4, 0.5) is 5.69 Å². The van der Waals surface area contributed by atoms with E-state index in [1.165, 1.54) is 4.90 Å². The number of hydrogen-bond acceptors (Lipinski definition) is 3. The predicted molar refractivity (Wildman–Crippen MR) is 111 cm³/mol. The summed E-state index contributed by atoms with van der Waals surface area (Å²) >= 11 is 3.39. The van der Waals surface area contributed by atoms with Gasteiger partial charge < -0.3 is 14.6 Å². The molecule has 1 N–H and O–H groups in total. The zero-order valence-electron chi connectivity index (χ0n) is 15.3. The van der Waals surface area contributed by atoms with Gasteiger partial charge in [0.05, 0.1) is 12.1 Å². The number of hydrogen-bond donors (Lipinski definition) is 1. The normalized spacial score (nSPS) is 18.4. The number of aromatic nitrogens is 1. The molecule has 1 aliphatic rings. The number of anilines is 1. The van der Waals surface area contributed by atoms with Gasteiger partial charge in [-0.3, -0.25) is 9.59 Å². The van der Waals surface area contributed by atoms with Crippen LogP contribution in [0, 0.1) is 0 Å². The molecule has 4 rings (SSSR count). The summed E-state index contributed by atoms with van der Waals surface area (Å²) in [6.07, 6.45) is 3.55. The van der Waals surface area contributed by atoms with Crippen molar-refractivity contribution in [3.05, 3.63) is 82.6 Å². The molecular weight excluding hydrogens is 420 g/mol. The second-order valence-corrected chi connectivity index (χ2v) is 7.72. The molecule has 5 nitrogen and oxygen atoms in total. The molecular formula is C22H19BrN2O3. The van der Waals surface area contributed by atoms with Crippen LogP contribution in [0.3, 0.4) is 0 Å². The first-order valence-electron chi connectivity index (χ1n) is 9.05. The smallest absolute Gasteiger partial charge is 0.264 e. The predicted octanol–water partition coefficient (Wildman–Crippen LogP) is 4.07. The number of likely N-dealkylation sites (N-methyl/N-ethyl adjacent to an activating group) is 1. The number of carbonyl (C=O) groups excluding carboxylic acids is 2. The number of carbonyl (C=O) groups is 2. The maximum absolute atomic E-state index is 12.9. The van der Waals surface area contributed by atoms with Crippen molar-refractivity contribution in [3.8, 4) is 5.69 Å². The molecule has 0 saturated carbocycles. The molecule has 28 heavy (non-hydrogen) atoms. The van der Waals surface area contributed by atoms with Crippen LogP contribution in [0.1, 0.15) is 29.3 Å². The van der Waals surface area contributed by atoms with E-state index in [4.69, 9.17) is 0 Å². The van der Waals surface area contributed by atoms with E-state index in [0.29, 0.717) is 23.4 Å². The van der Waals surface area contributed by atoms with E-state index in [1.54, 1.807) is 24.3 Å². The Balaban J connectivity index is 1.64. The number of nitrogens with zero attached hydrogens (tertiary/aromatic N) is 2. The van der Waals surface area contributed by atoms with Gasteiger partial charge in [-0.25, -0.2) is 0 Å². The third-order valence-corrected chi connectivity index (χ3v) is 5.61. The van der Waals surface area contributed by atoms with Crippen LogP contribution in [-0.4, -0.2) is 27.9 Å². The Hall–Kier alpha value is -2.70. The third-order valence-electron chi connectivity index (χ3n) is 5.12. The number of amides is 1. The second kappa shape index (κ2) is 7.04. The lowest BCUT2D eigenvalue weighted by molar-refractivity contribution is -0.135. The fourth-order valence-corrected chi connectivity index (χ4v) is 4.03. The van der Waals surface area contributed by atoms with Crippen LogP contribution in [-0.2, 0) is 10.4 Å². The van der Waals surface area contributed by atoms with Gasteiger partial charge in [-0.1, -0.05) is 15.9 Å². The lowest BCUT2D eigenvalue weighted by Gasteiger charge is -2.22. The average Bonchev–Trinajstić information content (AvgIpc) is 3.29. The fraction of sp³-hybridized carbons (Fsp3) is 0.182. The van der Waals surface area contributed by atoms with Crippen molar-refractivity contribution in [2.75, 3.05) is 11.4 Å². The lowest BCUT2D eigenvalue weighted by Crippen LogP contribution is -2.41. The summed E-state index contributed by atoms with van der Waals surface area (Å²) in [5.41, 5.74) is 0.651. The van der Waals surface area contributed by atoms with Crippen molar-refractivity contribution in [1.82, 2.24) is 4.57 Å². The molecule has 0 bridgehead atoms. The Morgan fingerprint density at radius 3 is 2.43 bits per heavy atom. The Bertz CT molecular complexity index is 1040. The number of fused-ring (bicyclic) bond motifs is 1. The molecule has 0 spiro atoms. The Morgan fingerprint density at radius 2 is 1.79 bits per heavy atom. The molecule has 2 aromatic carbocycles. The first kappa shape index (κ1) is 18.7. The molecule has 1 atom stereocenters. The van der Waals surface area contributed by atoms with Crippen LogP contribution in [0.25, 0.3) is 5.69 Å². The van der Waals surface area contributed by atoms with E-state index in [2.05, 4.69) is 15.9 Å². The summed E-state index contributed by atoms with van der Waals surface area (Å²) < 4.78 is 2.69. The van der Waals surface area contributed by atoms with E-state index in [0.717, 1.165) is 10.2 Å². The summed E-state index contributed by atoms with van der Waals surface area (Å²) in [4.78, 5) is 27.3. The van der Waals surface area contributed by atoms with Gasteiger partial charge in [0.15, 0.2) is 11.4 Å². The SMILES string of the molecule is CCN1C(=O)C(O)(CC(=O)c2ccc(-n3cccc3)cc2)c2cc(Br)ccc21. The first-order valence-corrected chi connectivity index (χ1v) is 9.84. The van der Waals surface area contributed by atoms with Gasteiger partial charge in [0.1, 0.15) is 0 Å². The van der Waals surface area contributed by atoms with Gasteiger partial charge in [-0.2, -0.15) is 0 Å². The van der Waals surface area contributed by atoms with Crippen molar-refractivity contribution in [2.45, 2.75) is 18.9 Å². The van der Waals surface area contributed by atoms with E-state index in [-0.39, 0.29) is 12.2 Å². The van der Waals surface area contributed by atoms with Gasteiger partial charge in [-0.15, -0.1) is 0 Å². The van der Waals surface area contributed by atoms with Crippen molar-refractivity contribution in [1.29, 1.82) is 0 Å². The average molecular weight is 439 g/mol. The van der Waals surface area contributed by atoms with Gasteiger partial charge >= 0.3 is 0 Å². The number of Topliss-reactive ketones (excluding diaryl/α,β-unsaturated/α-hetero) is 1. The minimum absolute atomic E-state index is 0.279. The molecule has 1 aliphatic heterocycles. The number of benzene rings is 2. The third kappa shape index (κ3) is 2.99. The first-order chi connectivity index (χ1) is 13.4. The Kier molecular flexibility index (Phi) is 4.69. The van der Waals surface area contributed by atoms with E-state index >= 15 is 0 Å². The van der Waals surface area contributed by atoms with E-state index < -0.39 is 11.5 Å². The molecule has 1 aromatic heterocycles. The highest BCUT2D eigenvalue weighted by Gasteiger charge is 2.50. The molecule has 0 radical (unpaired) electrons. The number of halogens is 1. The van der Waals surface area contributed by atoms with E-state index in [9.17, 15) is 14.7 Å². The monoisotopic (exact) mass is 438 g/mol. The summed E-state index contributed by atoms with van der Waals surface area (Å²) in [6.45, 7) is 2.27. The molecule has 3 aromatic rings. The van der Waals surface area contributed by atoms with Gasteiger partial charge in [0.25, 0.3) is 5.91 Å². The summed E-state index contributed by atoms with van der Waals surface area (Å²) in [5, 5.41) is 11.2. The highest BCUT2D eigenvalue weighted by Crippen LogP contribution is 2.44. The highest BCUT2D eigenvalue weighted by atomic mass is 79.9. The van der Waals surface area contributed by atoms with Crippen LogP contribution in [0.5, 0.6) is 0 Å². The van der Waals surface area contributed by atoms with Crippen molar-refractivity contribution in [3.63, 3.8) is 0 Å². The number of rotatable bonds is 5. The molecule has 2 heterocycles. The molecule has 142 valence electrons. The van der Waals surface area contributed by atoms with E-state index in [1.807, 2.05) is 54.2 Å². The number of ketones is 1. The minimum atomic E-state index is -1.86. The summed E-state index contributed by atoms with van der Waals surface area (Å²) in [7, 11) is 0. The zero-order chi connectivity index (χ0) is 19.9. The maximum Gasteiger partial charge on any atom is 0.264 e. The summed E-state index contributed by atoms with van der Waals surface area (Å²) in [6, 6.07) is 16.3. The molecule has 1 amide bonds. The molecule has 0 fully saturated rings. The van der Waals surface area contributed by atoms with Crippen molar-refractivity contribution >= 4 is 33.3 Å². The maximum atomic E-state index is 12.9. The largest absolute Gasteiger partial charge is 0.375 e.